The van der Waals surface area contributed by atoms with Crippen LogP contribution in [0, 0.1) is 34.0 Å². The van der Waals surface area contributed by atoms with Gasteiger partial charge in [-0.25, -0.2) is 0 Å². The molecule has 0 aliphatic carbocycles. The van der Waals surface area contributed by atoms with Gasteiger partial charge in [-0.2, -0.15) is 15.8 Å². The molecule has 0 aliphatic heterocycles. The van der Waals surface area contributed by atoms with Gasteiger partial charge in [0.1, 0.15) is 13.1 Å². The molecule has 1 aromatic carbocycles. The van der Waals surface area contributed by atoms with Crippen molar-refractivity contribution in [3.8, 4) is 18.2 Å². The Morgan fingerprint density at radius 2 is 1.83 bits per heavy atom. The van der Waals surface area contributed by atoms with Crippen LogP contribution in [0.15, 0.2) is 18.2 Å². The van der Waals surface area contributed by atoms with Gasteiger partial charge in [-0.3, -0.25) is 0 Å². The van der Waals surface area contributed by atoms with E-state index in [0.717, 1.165) is 0 Å². The minimum atomic E-state index is -0.729. The van der Waals surface area contributed by atoms with E-state index < -0.39 is 6.10 Å². The molecule has 0 saturated heterocycles. The molecule has 1 N–H and O–H groups in total. The first-order chi connectivity index (χ1) is 8.63. The molecule has 0 saturated carbocycles. The second-order valence-corrected chi connectivity index (χ2v) is 3.73. The van der Waals surface area contributed by atoms with E-state index in [1.165, 1.54) is 4.90 Å². The van der Waals surface area contributed by atoms with Crippen molar-refractivity contribution < 1.29 is 5.11 Å². The molecule has 0 aliphatic rings. The lowest BCUT2D eigenvalue weighted by atomic mass is 10.0. The maximum absolute atomic E-state index is 9.68. The van der Waals surface area contributed by atoms with Gasteiger partial charge in [-0.05, 0) is 19.1 Å². The monoisotopic (exact) mass is 240 g/mol. The van der Waals surface area contributed by atoms with E-state index in [4.69, 9.17) is 15.8 Å². The summed E-state index contributed by atoms with van der Waals surface area (Å²) in [6.07, 6.45) is -0.729. The number of hydrogen-bond acceptors (Lipinski definition) is 5. The van der Waals surface area contributed by atoms with Gasteiger partial charge in [0, 0.05) is 11.3 Å². The molecule has 90 valence electrons. The van der Waals surface area contributed by atoms with Crippen LogP contribution < -0.4 is 4.90 Å². The first-order valence-electron chi connectivity index (χ1n) is 5.35. The van der Waals surface area contributed by atoms with Crippen molar-refractivity contribution in [1.82, 2.24) is 0 Å². The van der Waals surface area contributed by atoms with E-state index in [1.807, 2.05) is 18.2 Å². The van der Waals surface area contributed by atoms with Crippen LogP contribution in [0.1, 0.15) is 24.2 Å². The Labute approximate surface area is 106 Å². The minimum absolute atomic E-state index is 0.0299. The van der Waals surface area contributed by atoms with Gasteiger partial charge in [-0.15, -0.1) is 0 Å². The Bertz CT molecular complexity index is 530. The highest BCUT2D eigenvalue weighted by Crippen LogP contribution is 2.27. The van der Waals surface area contributed by atoms with Crippen molar-refractivity contribution in [3.63, 3.8) is 0 Å². The summed E-state index contributed by atoms with van der Waals surface area (Å²) in [7, 11) is 0. The lowest BCUT2D eigenvalue weighted by Crippen LogP contribution is -2.25. The smallest absolute Gasteiger partial charge is 0.106 e. The molecule has 5 heteroatoms. The van der Waals surface area contributed by atoms with Gasteiger partial charge in [0.05, 0.1) is 29.9 Å². The second-order valence-electron chi connectivity index (χ2n) is 3.73. The van der Waals surface area contributed by atoms with Gasteiger partial charge in [0.2, 0.25) is 0 Å². The maximum Gasteiger partial charge on any atom is 0.106 e. The Morgan fingerprint density at radius 3 is 2.28 bits per heavy atom. The average Bonchev–Trinajstić information content (AvgIpc) is 2.37. The fourth-order valence-corrected chi connectivity index (χ4v) is 1.64. The predicted octanol–water partition coefficient (Wildman–Crippen LogP) is 1.47. The van der Waals surface area contributed by atoms with Crippen LogP contribution >= 0.6 is 0 Å². The number of aliphatic hydroxyl groups excluding tert-OH is 1. The van der Waals surface area contributed by atoms with Crippen LogP contribution in [0.3, 0.4) is 0 Å². The standard InChI is InChI=1S/C13H12N4O/c1-10(18)12-3-2-11(9-16)8-13(12)17(6-4-14)7-5-15/h2-3,8,10,18H,6-7H2,1H3/t10-/m0/s1. The molecular weight excluding hydrogens is 228 g/mol. The van der Waals surface area contributed by atoms with Gasteiger partial charge in [-0.1, -0.05) is 6.07 Å². The van der Waals surface area contributed by atoms with E-state index in [9.17, 15) is 5.11 Å². The molecule has 0 bridgehead atoms. The van der Waals surface area contributed by atoms with E-state index >= 15 is 0 Å². The summed E-state index contributed by atoms with van der Waals surface area (Å²) in [4.78, 5) is 1.53. The summed E-state index contributed by atoms with van der Waals surface area (Å²) in [5, 5.41) is 36.1. The Kier molecular flexibility index (Phi) is 4.69. The molecule has 0 aromatic heterocycles. The lowest BCUT2D eigenvalue weighted by molar-refractivity contribution is 0.199. The average molecular weight is 240 g/mol. The summed E-state index contributed by atoms with van der Waals surface area (Å²) in [6.45, 7) is 1.66. The first-order valence-corrected chi connectivity index (χ1v) is 5.35. The molecule has 1 rings (SSSR count). The lowest BCUT2D eigenvalue weighted by Gasteiger charge is -2.23. The van der Waals surface area contributed by atoms with Crippen LogP contribution in [0.25, 0.3) is 0 Å². The van der Waals surface area contributed by atoms with E-state index in [-0.39, 0.29) is 13.1 Å². The van der Waals surface area contributed by atoms with Crippen molar-refractivity contribution >= 4 is 5.69 Å². The van der Waals surface area contributed by atoms with Crippen molar-refractivity contribution in [2.24, 2.45) is 0 Å². The molecule has 0 fully saturated rings. The molecule has 0 amide bonds. The molecule has 0 spiro atoms. The maximum atomic E-state index is 9.68. The fraction of sp³-hybridized carbons (Fsp3) is 0.308. The molecular formula is C13H12N4O. The zero-order valence-corrected chi connectivity index (χ0v) is 9.96. The molecule has 1 atom stereocenters. The van der Waals surface area contributed by atoms with Gasteiger partial charge in [0.25, 0.3) is 0 Å². The highest BCUT2D eigenvalue weighted by atomic mass is 16.3. The summed E-state index contributed by atoms with van der Waals surface area (Å²) in [6, 6.07) is 10.7. The molecule has 18 heavy (non-hydrogen) atoms. The van der Waals surface area contributed by atoms with Crippen LogP contribution in [-0.2, 0) is 0 Å². The summed E-state index contributed by atoms with van der Waals surface area (Å²) in [5.41, 5.74) is 1.57. The number of nitrogens with zero attached hydrogens (tertiary/aromatic N) is 4. The number of nitriles is 3. The zero-order valence-electron chi connectivity index (χ0n) is 9.96. The largest absolute Gasteiger partial charge is 0.389 e. The summed E-state index contributed by atoms with van der Waals surface area (Å²) in [5.74, 6) is 0. The van der Waals surface area contributed by atoms with Gasteiger partial charge < -0.3 is 10.0 Å². The summed E-state index contributed by atoms with van der Waals surface area (Å²) >= 11 is 0. The molecule has 0 heterocycles. The third kappa shape index (κ3) is 2.98. The molecule has 5 nitrogen and oxygen atoms in total. The number of aliphatic hydroxyl groups is 1. The van der Waals surface area contributed by atoms with Gasteiger partial charge in [0.15, 0.2) is 0 Å². The topological polar surface area (TPSA) is 94.8 Å². The Balaban J connectivity index is 3.30. The van der Waals surface area contributed by atoms with Crippen LogP contribution in [-0.4, -0.2) is 18.2 Å². The second kappa shape index (κ2) is 6.25. The highest BCUT2D eigenvalue weighted by Gasteiger charge is 2.15. The number of anilines is 1. The van der Waals surface area contributed by atoms with Crippen LogP contribution in [0.2, 0.25) is 0 Å². The van der Waals surface area contributed by atoms with E-state index in [1.54, 1.807) is 25.1 Å². The molecule has 0 radical (unpaired) electrons. The molecule has 0 unspecified atom stereocenters. The zero-order chi connectivity index (χ0) is 13.5. The van der Waals surface area contributed by atoms with Crippen molar-refractivity contribution in [3.05, 3.63) is 29.3 Å². The first kappa shape index (κ1) is 13.5. The number of hydrogen-bond donors (Lipinski definition) is 1. The SMILES string of the molecule is C[C@H](O)c1ccc(C#N)cc1N(CC#N)CC#N. The number of benzene rings is 1. The van der Waals surface area contributed by atoms with E-state index in [0.29, 0.717) is 16.8 Å². The third-order valence-electron chi connectivity index (χ3n) is 2.47. The van der Waals surface area contributed by atoms with Crippen molar-refractivity contribution in [2.45, 2.75) is 13.0 Å². The number of rotatable bonds is 4. The van der Waals surface area contributed by atoms with Gasteiger partial charge >= 0.3 is 0 Å². The van der Waals surface area contributed by atoms with Crippen molar-refractivity contribution in [2.75, 3.05) is 18.0 Å². The minimum Gasteiger partial charge on any atom is -0.389 e. The third-order valence-corrected chi connectivity index (χ3v) is 2.47. The predicted molar refractivity (Wildman–Crippen MR) is 65.2 cm³/mol. The quantitative estimate of drug-likeness (QED) is 0.804. The van der Waals surface area contributed by atoms with Crippen LogP contribution in [0.4, 0.5) is 5.69 Å². The normalized spacial score (nSPS) is 10.8. The highest BCUT2D eigenvalue weighted by molar-refractivity contribution is 5.59. The summed E-state index contributed by atoms with van der Waals surface area (Å²) < 4.78 is 0. The fourth-order valence-electron chi connectivity index (χ4n) is 1.64. The Hall–Kier alpha value is -2.55. The van der Waals surface area contributed by atoms with Crippen molar-refractivity contribution in [1.29, 1.82) is 15.8 Å². The molecule has 1 aromatic rings. The Morgan fingerprint density at radius 1 is 1.22 bits per heavy atom. The van der Waals surface area contributed by atoms with E-state index in [2.05, 4.69) is 0 Å². The van der Waals surface area contributed by atoms with Crippen LogP contribution in [0.5, 0.6) is 0 Å².